The number of amides is 2. The molecule has 0 bridgehead atoms. The monoisotopic (exact) mass is 301 g/mol. The van der Waals surface area contributed by atoms with E-state index >= 15 is 0 Å². The highest BCUT2D eigenvalue weighted by Crippen LogP contribution is 2.31. The SMILES string of the molecule is CC(=O)Nc1nc(C(=O)NC2CCc3ccccc32)cs1. The van der Waals surface area contributed by atoms with Crippen LogP contribution in [-0.4, -0.2) is 16.8 Å². The fourth-order valence-electron chi connectivity index (χ4n) is 2.53. The van der Waals surface area contributed by atoms with Gasteiger partial charge in [0.25, 0.3) is 5.91 Å². The summed E-state index contributed by atoms with van der Waals surface area (Å²) in [6, 6.07) is 8.19. The molecule has 0 saturated heterocycles. The molecule has 1 heterocycles. The van der Waals surface area contributed by atoms with Crippen molar-refractivity contribution in [3.05, 3.63) is 46.5 Å². The summed E-state index contributed by atoms with van der Waals surface area (Å²) in [5.74, 6) is -0.398. The number of nitrogens with zero attached hydrogens (tertiary/aromatic N) is 1. The van der Waals surface area contributed by atoms with Gasteiger partial charge in [0.05, 0.1) is 6.04 Å². The van der Waals surface area contributed by atoms with Crippen LogP contribution in [0.1, 0.15) is 41.0 Å². The molecule has 2 N–H and O–H groups in total. The van der Waals surface area contributed by atoms with Crippen molar-refractivity contribution in [3.63, 3.8) is 0 Å². The minimum Gasteiger partial charge on any atom is -0.344 e. The Labute approximate surface area is 126 Å². The lowest BCUT2D eigenvalue weighted by Crippen LogP contribution is -2.27. The second-order valence-corrected chi connectivity index (χ2v) is 5.84. The Morgan fingerprint density at radius 1 is 1.33 bits per heavy atom. The smallest absolute Gasteiger partial charge is 0.271 e. The molecule has 0 aliphatic heterocycles. The molecule has 0 spiro atoms. The molecule has 1 aliphatic carbocycles. The van der Waals surface area contributed by atoms with E-state index in [0.29, 0.717) is 10.8 Å². The number of aryl methyl sites for hydroxylation is 1. The molecule has 3 rings (SSSR count). The van der Waals surface area contributed by atoms with E-state index in [4.69, 9.17) is 0 Å². The van der Waals surface area contributed by atoms with Crippen molar-refractivity contribution in [2.75, 3.05) is 5.32 Å². The molecule has 2 aromatic rings. The molecule has 1 unspecified atom stereocenters. The number of anilines is 1. The highest BCUT2D eigenvalue weighted by Gasteiger charge is 2.24. The first-order valence-electron chi connectivity index (χ1n) is 6.75. The van der Waals surface area contributed by atoms with Gasteiger partial charge in [-0.2, -0.15) is 0 Å². The number of carbonyl (C=O) groups is 2. The van der Waals surface area contributed by atoms with Gasteiger partial charge >= 0.3 is 0 Å². The molecule has 1 aromatic heterocycles. The average molecular weight is 301 g/mol. The number of nitrogens with one attached hydrogen (secondary N) is 2. The van der Waals surface area contributed by atoms with Crippen LogP contribution in [0.4, 0.5) is 5.13 Å². The van der Waals surface area contributed by atoms with E-state index < -0.39 is 0 Å². The molecule has 108 valence electrons. The zero-order valence-electron chi connectivity index (χ0n) is 11.6. The topological polar surface area (TPSA) is 71.1 Å². The number of benzene rings is 1. The van der Waals surface area contributed by atoms with Crippen LogP contribution in [0, 0.1) is 0 Å². The van der Waals surface area contributed by atoms with Gasteiger partial charge in [-0.3, -0.25) is 9.59 Å². The van der Waals surface area contributed by atoms with E-state index in [2.05, 4.69) is 27.8 Å². The summed E-state index contributed by atoms with van der Waals surface area (Å²) in [6.07, 6.45) is 1.89. The second kappa shape index (κ2) is 5.65. The van der Waals surface area contributed by atoms with Gasteiger partial charge in [0.15, 0.2) is 5.13 Å². The van der Waals surface area contributed by atoms with Crippen molar-refractivity contribution in [1.29, 1.82) is 0 Å². The molecule has 1 aliphatic rings. The standard InChI is InChI=1S/C15H15N3O2S/c1-9(19)16-15-18-13(8-21-15)14(20)17-12-7-6-10-4-2-3-5-11(10)12/h2-5,8,12H,6-7H2,1H3,(H,17,20)(H,16,18,19). The van der Waals surface area contributed by atoms with Gasteiger partial charge in [0.2, 0.25) is 5.91 Å². The van der Waals surface area contributed by atoms with Crippen molar-refractivity contribution >= 4 is 28.3 Å². The molecule has 1 aromatic carbocycles. The molecule has 0 radical (unpaired) electrons. The van der Waals surface area contributed by atoms with Crippen molar-refractivity contribution in [3.8, 4) is 0 Å². The maximum absolute atomic E-state index is 12.2. The molecule has 0 saturated carbocycles. The van der Waals surface area contributed by atoms with Crippen LogP contribution in [0.2, 0.25) is 0 Å². The maximum atomic E-state index is 12.2. The molecule has 5 nitrogen and oxygen atoms in total. The third kappa shape index (κ3) is 2.95. The quantitative estimate of drug-likeness (QED) is 0.915. The van der Waals surface area contributed by atoms with Crippen LogP contribution in [0.5, 0.6) is 0 Å². The van der Waals surface area contributed by atoms with E-state index in [-0.39, 0.29) is 17.9 Å². The molecule has 1 atom stereocenters. The van der Waals surface area contributed by atoms with Crippen molar-refractivity contribution in [2.24, 2.45) is 0 Å². The Morgan fingerprint density at radius 2 is 2.14 bits per heavy atom. The van der Waals surface area contributed by atoms with E-state index in [1.54, 1.807) is 5.38 Å². The number of rotatable bonds is 3. The van der Waals surface area contributed by atoms with Gasteiger partial charge in [-0.25, -0.2) is 4.98 Å². The predicted molar refractivity (Wildman–Crippen MR) is 81.4 cm³/mol. The summed E-state index contributed by atoms with van der Waals surface area (Å²) in [5, 5.41) is 7.69. The Hall–Kier alpha value is -2.21. The molecular weight excluding hydrogens is 286 g/mol. The lowest BCUT2D eigenvalue weighted by molar-refractivity contribution is -0.114. The van der Waals surface area contributed by atoms with Crippen LogP contribution >= 0.6 is 11.3 Å². The van der Waals surface area contributed by atoms with Gasteiger partial charge in [0, 0.05) is 12.3 Å². The molecule has 0 fully saturated rings. The number of hydrogen-bond donors (Lipinski definition) is 2. The number of fused-ring (bicyclic) bond motifs is 1. The lowest BCUT2D eigenvalue weighted by Gasteiger charge is -2.12. The van der Waals surface area contributed by atoms with Gasteiger partial charge < -0.3 is 10.6 Å². The number of aromatic nitrogens is 1. The van der Waals surface area contributed by atoms with Gasteiger partial charge in [-0.1, -0.05) is 24.3 Å². The van der Waals surface area contributed by atoms with Gasteiger partial charge in [-0.15, -0.1) is 11.3 Å². The maximum Gasteiger partial charge on any atom is 0.271 e. The van der Waals surface area contributed by atoms with E-state index in [0.717, 1.165) is 12.8 Å². The van der Waals surface area contributed by atoms with Gasteiger partial charge in [-0.05, 0) is 24.0 Å². The Kier molecular flexibility index (Phi) is 3.70. The first-order valence-corrected chi connectivity index (χ1v) is 7.63. The number of thiazole rings is 1. The van der Waals surface area contributed by atoms with Crippen molar-refractivity contribution in [2.45, 2.75) is 25.8 Å². The minimum atomic E-state index is -0.204. The zero-order chi connectivity index (χ0) is 14.8. The average Bonchev–Trinajstić information content (AvgIpc) is 3.06. The van der Waals surface area contributed by atoms with Crippen molar-refractivity contribution < 1.29 is 9.59 Å². The largest absolute Gasteiger partial charge is 0.344 e. The molecule has 21 heavy (non-hydrogen) atoms. The van der Waals surface area contributed by atoms with Crippen LogP contribution in [0.15, 0.2) is 29.6 Å². The highest BCUT2D eigenvalue weighted by atomic mass is 32.1. The molecule has 6 heteroatoms. The predicted octanol–water partition coefficient (Wildman–Crippen LogP) is 2.52. The fraction of sp³-hybridized carbons (Fsp3) is 0.267. The van der Waals surface area contributed by atoms with Crippen LogP contribution in [0.3, 0.4) is 0 Å². The molecular formula is C15H15N3O2S. The van der Waals surface area contributed by atoms with E-state index in [9.17, 15) is 9.59 Å². The summed E-state index contributed by atoms with van der Waals surface area (Å²) in [4.78, 5) is 27.3. The third-order valence-electron chi connectivity index (χ3n) is 3.46. The van der Waals surface area contributed by atoms with E-state index in [1.807, 2.05) is 12.1 Å². The van der Waals surface area contributed by atoms with Crippen LogP contribution in [0.25, 0.3) is 0 Å². The summed E-state index contributed by atoms with van der Waals surface area (Å²) in [6.45, 7) is 1.41. The Bertz CT molecular complexity index is 696. The minimum absolute atomic E-state index is 0.0413. The summed E-state index contributed by atoms with van der Waals surface area (Å²) in [5.41, 5.74) is 2.82. The summed E-state index contributed by atoms with van der Waals surface area (Å²) in [7, 11) is 0. The Balaban J connectivity index is 1.70. The first kappa shape index (κ1) is 13.8. The van der Waals surface area contributed by atoms with Crippen LogP contribution in [-0.2, 0) is 11.2 Å². The fourth-order valence-corrected chi connectivity index (χ4v) is 3.26. The number of hydrogen-bond acceptors (Lipinski definition) is 4. The summed E-state index contributed by atoms with van der Waals surface area (Å²) < 4.78 is 0. The number of carbonyl (C=O) groups excluding carboxylic acids is 2. The highest BCUT2D eigenvalue weighted by molar-refractivity contribution is 7.14. The zero-order valence-corrected chi connectivity index (χ0v) is 12.4. The second-order valence-electron chi connectivity index (χ2n) is 4.98. The third-order valence-corrected chi connectivity index (χ3v) is 4.22. The Morgan fingerprint density at radius 3 is 2.95 bits per heavy atom. The van der Waals surface area contributed by atoms with E-state index in [1.165, 1.54) is 29.4 Å². The van der Waals surface area contributed by atoms with Crippen LogP contribution < -0.4 is 10.6 Å². The van der Waals surface area contributed by atoms with Crippen molar-refractivity contribution in [1.82, 2.24) is 10.3 Å². The van der Waals surface area contributed by atoms with Gasteiger partial charge in [0.1, 0.15) is 5.69 Å². The lowest BCUT2D eigenvalue weighted by atomic mass is 10.1. The normalized spacial score (nSPS) is 16.3. The molecule has 2 amide bonds. The first-order chi connectivity index (χ1) is 10.1. The summed E-state index contributed by atoms with van der Waals surface area (Å²) >= 11 is 1.25.